The molecule has 2 aromatic rings. The molecule has 1 aromatic carbocycles. The van der Waals surface area contributed by atoms with Gasteiger partial charge in [0.2, 0.25) is 0 Å². The van der Waals surface area contributed by atoms with Crippen molar-refractivity contribution in [3.8, 4) is 0 Å². The molecule has 1 aromatic heterocycles. The Morgan fingerprint density at radius 1 is 1.28 bits per heavy atom. The summed E-state index contributed by atoms with van der Waals surface area (Å²) in [5.74, 6) is -2.20. The van der Waals surface area contributed by atoms with Crippen molar-refractivity contribution < 1.29 is 18.7 Å². The van der Waals surface area contributed by atoms with Crippen molar-refractivity contribution in [3.63, 3.8) is 0 Å². The number of aryl methyl sites for hydroxylation is 2. The van der Waals surface area contributed by atoms with Gasteiger partial charge in [-0.25, -0.2) is 8.78 Å². The molecule has 0 radical (unpaired) electrons. The SMILES string of the molecule is CCc1nnc(C)cc1C(=O)N1C[C@@H](O)C[C@H]1c1ccc(F)c(F)c1. The zero-order chi connectivity index (χ0) is 18.1. The highest BCUT2D eigenvalue weighted by Gasteiger charge is 2.37. The lowest BCUT2D eigenvalue weighted by Gasteiger charge is -2.25. The standard InChI is InChI=1S/C18H19F2N3O2/c1-3-16-13(6-10(2)21-22-16)18(25)23-9-12(24)8-17(23)11-4-5-14(19)15(20)7-11/h4-7,12,17,24H,3,8-9H2,1-2H3/t12-,17-/m0/s1. The van der Waals surface area contributed by atoms with Crippen molar-refractivity contribution in [2.24, 2.45) is 0 Å². The fraction of sp³-hybridized carbons (Fsp3) is 0.389. The zero-order valence-corrected chi connectivity index (χ0v) is 14.0. The lowest BCUT2D eigenvalue weighted by atomic mass is 10.0. The lowest BCUT2D eigenvalue weighted by molar-refractivity contribution is 0.0713. The molecular formula is C18H19F2N3O2. The van der Waals surface area contributed by atoms with Crippen molar-refractivity contribution in [3.05, 3.63) is 58.4 Å². The molecule has 5 nitrogen and oxygen atoms in total. The number of benzene rings is 1. The van der Waals surface area contributed by atoms with Gasteiger partial charge >= 0.3 is 0 Å². The maximum absolute atomic E-state index is 13.6. The average molecular weight is 347 g/mol. The van der Waals surface area contributed by atoms with Crippen molar-refractivity contribution in [1.82, 2.24) is 15.1 Å². The molecule has 1 fully saturated rings. The number of carbonyl (C=O) groups excluding carboxylic acids is 1. The average Bonchev–Trinajstić information content (AvgIpc) is 2.98. The lowest BCUT2D eigenvalue weighted by Crippen LogP contribution is -2.33. The minimum Gasteiger partial charge on any atom is -0.391 e. The van der Waals surface area contributed by atoms with E-state index in [0.717, 1.165) is 12.1 Å². The molecule has 132 valence electrons. The number of β-amino-alcohol motifs (C(OH)–C–C–N with tert-alkyl or cyclic N) is 1. The van der Waals surface area contributed by atoms with Crippen LogP contribution in [0.1, 0.15) is 46.7 Å². The van der Waals surface area contributed by atoms with Gasteiger partial charge in [0.05, 0.1) is 29.1 Å². The van der Waals surface area contributed by atoms with E-state index in [1.54, 1.807) is 13.0 Å². The maximum Gasteiger partial charge on any atom is 0.256 e. The van der Waals surface area contributed by atoms with Crippen LogP contribution < -0.4 is 0 Å². The predicted octanol–water partition coefficient (Wildman–Crippen LogP) is 2.57. The molecule has 2 atom stereocenters. The van der Waals surface area contributed by atoms with Gasteiger partial charge in [0.1, 0.15) is 0 Å². The highest BCUT2D eigenvalue weighted by Crippen LogP contribution is 2.34. The number of aliphatic hydroxyl groups is 1. The van der Waals surface area contributed by atoms with Crippen LogP contribution in [0.2, 0.25) is 0 Å². The molecule has 1 N–H and O–H groups in total. The Bertz CT molecular complexity index is 813. The zero-order valence-electron chi connectivity index (χ0n) is 14.0. The van der Waals surface area contributed by atoms with Gasteiger partial charge in [0.15, 0.2) is 11.6 Å². The summed E-state index contributed by atoms with van der Waals surface area (Å²) in [6.45, 7) is 3.75. The highest BCUT2D eigenvalue weighted by molar-refractivity contribution is 5.95. The molecule has 7 heteroatoms. The number of hydrogen-bond donors (Lipinski definition) is 1. The van der Waals surface area contributed by atoms with E-state index in [9.17, 15) is 18.7 Å². The Labute approximate surface area is 144 Å². The molecule has 0 unspecified atom stereocenters. The summed E-state index contributed by atoms with van der Waals surface area (Å²) >= 11 is 0. The summed E-state index contributed by atoms with van der Waals surface area (Å²) in [7, 11) is 0. The Balaban J connectivity index is 1.98. The third-order valence-electron chi connectivity index (χ3n) is 4.43. The Hall–Kier alpha value is -2.41. The monoisotopic (exact) mass is 347 g/mol. The van der Waals surface area contributed by atoms with E-state index in [1.165, 1.54) is 11.0 Å². The van der Waals surface area contributed by atoms with Gasteiger partial charge in [0.25, 0.3) is 5.91 Å². The number of amides is 1. The van der Waals surface area contributed by atoms with Gasteiger partial charge < -0.3 is 10.0 Å². The summed E-state index contributed by atoms with van der Waals surface area (Å²) in [6, 6.07) is 4.71. The molecule has 0 saturated carbocycles. The van der Waals surface area contributed by atoms with Crippen LogP contribution >= 0.6 is 0 Å². The second-order valence-corrected chi connectivity index (χ2v) is 6.24. The number of carbonyl (C=O) groups is 1. The van der Waals surface area contributed by atoms with Crippen LogP contribution in [0.5, 0.6) is 0 Å². The van der Waals surface area contributed by atoms with Crippen LogP contribution in [-0.2, 0) is 6.42 Å². The minimum atomic E-state index is -0.970. The molecule has 0 spiro atoms. The van der Waals surface area contributed by atoms with Crippen molar-refractivity contribution in [1.29, 1.82) is 0 Å². The number of aliphatic hydroxyl groups excluding tert-OH is 1. The highest BCUT2D eigenvalue weighted by atomic mass is 19.2. The minimum absolute atomic E-state index is 0.132. The summed E-state index contributed by atoms with van der Waals surface area (Å²) < 4.78 is 26.8. The van der Waals surface area contributed by atoms with Crippen LogP contribution in [0.25, 0.3) is 0 Å². The fourth-order valence-electron chi connectivity index (χ4n) is 3.19. The predicted molar refractivity (Wildman–Crippen MR) is 86.9 cm³/mol. The first-order chi connectivity index (χ1) is 11.9. The maximum atomic E-state index is 13.6. The van der Waals surface area contributed by atoms with E-state index in [-0.39, 0.29) is 18.9 Å². The summed E-state index contributed by atoms with van der Waals surface area (Å²) in [5.41, 5.74) is 2.07. The van der Waals surface area contributed by atoms with Gasteiger partial charge in [0, 0.05) is 6.54 Å². The van der Waals surface area contributed by atoms with Gasteiger partial charge in [-0.1, -0.05) is 13.0 Å². The van der Waals surface area contributed by atoms with Gasteiger partial charge in [-0.05, 0) is 43.5 Å². The number of aromatic nitrogens is 2. The molecule has 25 heavy (non-hydrogen) atoms. The Morgan fingerprint density at radius 3 is 2.72 bits per heavy atom. The van der Waals surface area contributed by atoms with E-state index in [2.05, 4.69) is 10.2 Å². The smallest absolute Gasteiger partial charge is 0.256 e. The first-order valence-electron chi connectivity index (χ1n) is 8.17. The molecule has 2 heterocycles. The molecule has 0 aliphatic carbocycles. The number of rotatable bonds is 3. The van der Waals surface area contributed by atoms with Gasteiger partial charge in [-0.15, -0.1) is 0 Å². The molecule has 0 bridgehead atoms. The van der Waals surface area contributed by atoms with Crippen LogP contribution in [0.4, 0.5) is 8.78 Å². The number of likely N-dealkylation sites (tertiary alicyclic amines) is 1. The molecular weight excluding hydrogens is 328 g/mol. The normalized spacial score (nSPS) is 20.1. The Kier molecular flexibility index (Phi) is 4.76. The first kappa shape index (κ1) is 17.4. The molecule has 1 saturated heterocycles. The molecule has 1 aliphatic heterocycles. The van der Waals surface area contributed by atoms with Gasteiger partial charge in [-0.3, -0.25) is 4.79 Å². The first-order valence-corrected chi connectivity index (χ1v) is 8.17. The van der Waals surface area contributed by atoms with E-state index in [0.29, 0.717) is 28.9 Å². The quantitative estimate of drug-likeness (QED) is 0.927. The van der Waals surface area contributed by atoms with E-state index < -0.39 is 23.8 Å². The van der Waals surface area contributed by atoms with E-state index in [1.807, 2.05) is 6.92 Å². The van der Waals surface area contributed by atoms with Crippen LogP contribution in [0.3, 0.4) is 0 Å². The second kappa shape index (κ2) is 6.84. The van der Waals surface area contributed by atoms with Crippen molar-refractivity contribution in [2.45, 2.75) is 38.8 Å². The third kappa shape index (κ3) is 3.37. The van der Waals surface area contributed by atoms with Crippen LogP contribution in [0.15, 0.2) is 24.3 Å². The topological polar surface area (TPSA) is 66.3 Å². The largest absolute Gasteiger partial charge is 0.391 e. The third-order valence-corrected chi connectivity index (χ3v) is 4.43. The van der Waals surface area contributed by atoms with E-state index in [4.69, 9.17) is 0 Å². The summed E-state index contributed by atoms with van der Waals surface area (Å²) in [5, 5.41) is 18.1. The number of halogens is 2. The summed E-state index contributed by atoms with van der Waals surface area (Å²) in [6.07, 6.45) is 0.0964. The molecule has 1 amide bonds. The molecule has 1 aliphatic rings. The van der Waals surface area contributed by atoms with Crippen molar-refractivity contribution >= 4 is 5.91 Å². The number of hydrogen-bond acceptors (Lipinski definition) is 4. The van der Waals surface area contributed by atoms with Crippen molar-refractivity contribution in [2.75, 3.05) is 6.54 Å². The fourth-order valence-corrected chi connectivity index (χ4v) is 3.19. The molecule has 3 rings (SSSR count). The van der Waals surface area contributed by atoms with E-state index >= 15 is 0 Å². The van der Waals surface area contributed by atoms with Crippen LogP contribution in [0, 0.1) is 18.6 Å². The Morgan fingerprint density at radius 2 is 2.04 bits per heavy atom. The van der Waals surface area contributed by atoms with Gasteiger partial charge in [-0.2, -0.15) is 10.2 Å². The number of nitrogens with zero attached hydrogens (tertiary/aromatic N) is 3. The van der Waals surface area contributed by atoms with Crippen LogP contribution in [-0.4, -0.2) is 38.8 Å². The summed E-state index contributed by atoms with van der Waals surface area (Å²) in [4.78, 5) is 14.5. The second-order valence-electron chi connectivity index (χ2n) is 6.24.